The smallest absolute Gasteiger partial charge is 0.0509 e. The lowest BCUT2D eigenvalue weighted by molar-refractivity contribution is -0.313. The summed E-state index contributed by atoms with van der Waals surface area (Å²) in [5.41, 5.74) is 5.77. The van der Waals surface area contributed by atoms with Crippen LogP contribution in [0.15, 0.2) is 0 Å². The van der Waals surface area contributed by atoms with E-state index in [-0.39, 0.29) is 6.04 Å². The molecule has 5 nitrogen and oxygen atoms in total. The molecular formula is C9H17N2O3-. The number of carboxylic acids is 1. The Hall–Kier alpha value is -0.650. The summed E-state index contributed by atoms with van der Waals surface area (Å²) in [6.07, 6.45) is 1.19. The molecule has 0 aromatic carbocycles. The van der Waals surface area contributed by atoms with E-state index < -0.39 is 24.0 Å². The summed E-state index contributed by atoms with van der Waals surface area (Å²) in [6.45, 7) is 3.70. The predicted molar refractivity (Wildman–Crippen MR) is 48.3 cm³/mol. The first-order chi connectivity index (χ1) is 6.54. The number of nitrogens with two attached hydrogens (primary N) is 1. The summed E-state index contributed by atoms with van der Waals surface area (Å²) >= 11 is 0. The van der Waals surface area contributed by atoms with Crippen molar-refractivity contribution in [3.8, 4) is 0 Å². The van der Waals surface area contributed by atoms with Gasteiger partial charge in [0.25, 0.3) is 0 Å². The minimum Gasteiger partial charge on any atom is -0.550 e. The van der Waals surface area contributed by atoms with Crippen LogP contribution in [0.4, 0.5) is 0 Å². The third kappa shape index (κ3) is 1.63. The molecule has 1 aliphatic heterocycles. The monoisotopic (exact) mass is 201 g/mol. The van der Waals surface area contributed by atoms with Crippen LogP contribution in [0.2, 0.25) is 0 Å². The van der Waals surface area contributed by atoms with Crippen LogP contribution in [0.5, 0.6) is 0 Å². The van der Waals surface area contributed by atoms with Crippen molar-refractivity contribution in [1.29, 1.82) is 0 Å². The maximum atomic E-state index is 10.9. The predicted octanol–water partition coefficient (Wildman–Crippen LogP) is -1.06. The molecule has 0 radical (unpaired) electrons. The van der Waals surface area contributed by atoms with Gasteiger partial charge in [-0.1, -0.05) is 13.8 Å². The molecule has 5 heteroatoms. The first kappa shape index (κ1) is 11.4. The number of nitrogens with zero attached hydrogens (tertiary/aromatic N) is 1. The van der Waals surface area contributed by atoms with Crippen molar-refractivity contribution < 1.29 is 15.1 Å². The van der Waals surface area contributed by atoms with Gasteiger partial charge in [0.2, 0.25) is 0 Å². The van der Waals surface area contributed by atoms with E-state index in [2.05, 4.69) is 0 Å². The highest BCUT2D eigenvalue weighted by atomic mass is 16.5. The largest absolute Gasteiger partial charge is 0.550 e. The molecule has 0 spiro atoms. The summed E-state index contributed by atoms with van der Waals surface area (Å²) in [4.78, 5) is 10.9. The molecule has 0 aliphatic carbocycles. The number of hydrogen-bond donors (Lipinski definition) is 2. The van der Waals surface area contributed by atoms with Gasteiger partial charge in [-0.15, -0.1) is 0 Å². The third-order valence-corrected chi connectivity index (χ3v) is 3.06. The molecule has 3 N–H and O–H groups in total. The van der Waals surface area contributed by atoms with E-state index in [0.29, 0.717) is 12.8 Å². The Morgan fingerprint density at radius 3 is 2.21 bits per heavy atom. The molecule has 4 atom stereocenters. The Morgan fingerprint density at radius 1 is 1.43 bits per heavy atom. The summed E-state index contributed by atoms with van der Waals surface area (Å²) in [6, 6.07) is -1.23. The van der Waals surface area contributed by atoms with Gasteiger partial charge in [0.05, 0.1) is 6.04 Å². The number of hydrogen-bond acceptors (Lipinski definition) is 5. The van der Waals surface area contributed by atoms with Gasteiger partial charge in [-0.3, -0.25) is 0 Å². The molecule has 0 aromatic rings. The number of rotatable bonds is 3. The topological polar surface area (TPSA) is 89.6 Å². The second kappa shape index (κ2) is 4.25. The van der Waals surface area contributed by atoms with Crippen molar-refractivity contribution in [2.24, 2.45) is 11.7 Å². The van der Waals surface area contributed by atoms with E-state index >= 15 is 0 Å². The number of aliphatic carboxylic acids is 1. The fraction of sp³-hybridized carbons (Fsp3) is 0.889. The molecule has 1 fully saturated rings. The van der Waals surface area contributed by atoms with Gasteiger partial charge < -0.3 is 20.8 Å². The Kier molecular flexibility index (Phi) is 3.47. The van der Waals surface area contributed by atoms with Crippen LogP contribution >= 0.6 is 0 Å². The highest BCUT2D eigenvalue weighted by molar-refractivity contribution is 5.70. The average Bonchev–Trinajstić information content (AvgIpc) is 2.37. The van der Waals surface area contributed by atoms with Gasteiger partial charge >= 0.3 is 0 Å². The minimum absolute atomic E-state index is 0.275. The number of hydroxylamine groups is 2. The number of carbonyl (C=O) groups is 1. The minimum atomic E-state index is -1.17. The number of carbonyl (C=O) groups excluding carboxylic acids is 1. The lowest BCUT2D eigenvalue weighted by Crippen LogP contribution is -2.46. The van der Waals surface area contributed by atoms with Crippen LogP contribution in [0.3, 0.4) is 0 Å². The Balaban J connectivity index is 2.89. The van der Waals surface area contributed by atoms with E-state index in [1.54, 1.807) is 0 Å². The van der Waals surface area contributed by atoms with E-state index in [4.69, 9.17) is 5.73 Å². The normalized spacial score (nSPS) is 38.9. The van der Waals surface area contributed by atoms with Gasteiger partial charge in [0.1, 0.15) is 0 Å². The van der Waals surface area contributed by atoms with E-state index in [0.717, 1.165) is 5.06 Å². The first-order valence-corrected chi connectivity index (χ1v) is 4.98. The zero-order valence-corrected chi connectivity index (χ0v) is 8.51. The zero-order valence-electron chi connectivity index (χ0n) is 8.51. The van der Waals surface area contributed by atoms with Gasteiger partial charge in [-0.2, -0.15) is 5.06 Å². The molecule has 14 heavy (non-hydrogen) atoms. The fourth-order valence-electron chi connectivity index (χ4n) is 2.30. The van der Waals surface area contributed by atoms with E-state index in [9.17, 15) is 15.1 Å². The fourth-order valence-corrected chi connectivity index (χ4v) is 2.30. The summed E-state index contributed by atoms with van der Waals surface area (Å²) in [5.74, 6) is -1.94. The van der Waals surface area contributed by atoms with E-state index in [1.807, 2.05) is 13.8 Å². The molecule has 1 aliphatic rings. The molecule has 1 heterocycles. The standard InChI is InChI=1S/C9H18N2O3/c1-3-5-7(9(12)13)8(10)6(4-2)11(5)14/h5-8,14H,3-4,10H2,1-2H3,(H,12,13)/p-1. The second-order valence-electron chi connectivity index (χ2n) is 3.75. The van der Waals surface area contributed by atoms with E-state index in [1.165, 1.54) is 0 Å². The summed E-state index contributed by atoms with van der Waals surface area (Å²) in [7, 11) is 0. The number of carboxylic acid groups (broad SMARTS) is 1. The Bertz CT molecular complexity index is 222. The van der Waals surface area contributed by atoms with Crippen molar-refractivity contribution in [3.63, 3.8) is 0 Å². The Labute approximate surface area is 83.5 Å². The molecule has 1 saturated heterocycles. The van der Waals surface area contributed by atoms with Crippen LogP contribution in [0, 0.1) is 5.92 Å². The third-order valence-electron chi connectivity index (χ3n) is 3.06. The maximum absolute atomic E-state index is 10.9. The molecule has 0 bridgehead atoms. The van der Waals surface area contributed by atoms with Crippen molar-refractivity contribution >= 4 is 5.97 Å². The highest BCUT2D eigenvalue weighted by Gasteiger charge is 2.45. The quantitative estimate of drug-likeness (QED) is 0.607. The summed E-state index contributed by atoms with van der Waals surface area (Å²) in [5, 5.41) is 21.6. The molecular weight excluding hydrogens is 184 g/mol. The van der Waals surface area contributed by atoms with Gasteiger partial charge in [0.15, 0.2) is 0 Å². The van der Waals surface area contributed by atoms with Crippen molar-refractivity contribution in [2.45, 2.75) is 44.8 Å². The van der Waals surface area contributed by atoms with Crippen molar-refractivity contribution in [1.82, 2.24) is 5.06 Å². The van der Waals surface area contributed by atoms with Crippen LogP contribution in [0.1, 0.15) is 26.7 Å². The van der Waals surface area contributed by atoms with Gasteiger partial charge in [-0.05, 0) is 12.8 Å². The molecule has 82 valence electrons. The lowest BCUT2D eigenvalue weighted by atomic mass is 9.92. The van der Waals surface area contributed by atoms with Crippen LogP contribution in [-0.4, -0.2) is 34.4 Å². The molecule has 0 amide bonds. The molecule has 0 saturated carbocycles. The van der Waals surface area contributed by atoms with Crippen molar-refractivity contribution in [2.75, 3.05) is 0 Å². The molecule has 1 rings (SSSR count). The SMILES string of the molecule is CCC1C(N)C(C(=O)[O-])C(CC)N1O. The average molecular weight is 201 g/mol. The highest BCUT2D eigenvalue weighted by Crippen LogP contribution is 2.30. The summed E-state index contributed by atoms with van der Waals surface area (Å²) < 4.78 is 0. The van der Waals surface area contributed by atoms with Crippen LogP contribution in [0.25, 0.3) is 0 Å². The van der Waals surface area contributed by atoms with Crippen molar-refractivity contribution in [3.05, 3.63) is 0 Å². The van der Waals surface area contributed by atoms with Gasteiger partial charge in [-0.25, -0.2) is 0 Å². The lowest BCUT2D eigenvalue weighted by Gasteiger charge is -2.23. The van der Waals surface area contributed by atoms with Crippen LogP contribution in [-0.2, 0) is 4.79 Å². The van der Waals surface area contributed by atoms with Crippen LogP contribution < -0.4 is 10.8 Å². The van der Waals surface area contributed by atoms with Gasteiger partial charge in [0, 0.05) is 24.0 Å². The zero-order chi connectivity index (χ0) is 10.9. The second-order valence-corrected chi connectivity index (χ2v) is 3.75. The molecule has 0 aromatic heterocycles. The molecule has 4 unspecified atom stereocenters. The Morgan fingerprint density at radius 2 is 1.93 bits per heavy atom. The maximum Gasteiger partial charge on any atom is 0.0509 e. The first-order valence-electron chi connectivity index (χ1n) is 4.98.